The van der Waals surface area contributed by atoms with E-state index in [9.17, 15) is 23.3 Å². The molecule has 0 aliphatic carbocycles. The molecule has 0 unspecified atom stereocenters. The van der Waals surface area contributed by atoms with Crippen LogP contribution in [-0.2, 0) is 6.18 Å². The van der Waals surface area contributed by atoms with Gasteiger partial charge in [0.25, 0.3) is 5.69 Å². The molecule has 0 N–H and O–H groups in total. The fraction of sp³-hybridized carbons (Fsp3) is 0.0769. The molecule has 0 atom stereocenters. The first-order valence-electron chi connectivity index (χ1n) is 5.56. The molecule has 8 heteroatoms. The monoisotopic (exact) mass is 317 g/mol. The second-order valence-electron chi connectivity index (χ2n) is 3.99. The van der Waals surface area contributed by atoms with Crippen molar-refractivity contribution in [1.82, 2.24) is 0 Å². The van der Waals surface area contributed by atoms with Crippen LogP contribution in [0.5, 0.6) is 11.5 Å². The van der Waals surface area contributed by atoms with Crippen LogP contribution in [0.3, 0.4) is 0 Å². The maximum atomic E-state index is 12.5. The maximum absolute atomic E-state index is 12.5. The summed E-state index contributed by atoms with van der Waals surface area (Å²) in [5.41, 5.74) is -1.08. The number of non-ortho nitro benzene ring substituents is 1. The average Bonchev–Trinajstić information content (AvgIpc) is 2.37. The van der Waals surface area contributed by atoms with E-state index in [-0.39, 0.29) is 17.2 Å². The third-order valence-electron chi connectivity index (χ3n) is 2.53. The highest BCUT2D eigenvalue weighted by Gasteiger charge is 2.33. The summed E-state index contributed by atoms with van der Waals surface area (Å²) in [4.78, 5) is 9.92. The van der Waals surface area contributed by atoms with Crippen LogP contribution in [0.15, 0.2) is 42.5 Å². The molecule has 0 amide bonds. The Hall–Kier alpha value is -2.28. The number of rotatable bonds is 3. The number of alkyl halides is 3. The van der Waals surface area contributed by atoms with E-state index in [0.29, 0.717) is 0 Å². The lowest BCUT2D eigenvalue weighted by Crippen LogP contribution is -2.05. The Labute approximate surface area is 121 Å². The standard InChI is InChI=1S/C13H7ClF3NO3/c14-12-7-10(5-6-11(12)13(15,16)17)21-9-3-1-8(2-4-9)18(19)20/h1-7H. The van der Waals surface area contributed by atoms with Gasteiger partial charge in [0.1, 0.15) is 11.5 Å². The largest absolute Gasteiger partial charge is 0.457 e. The zero-order chi connectivity index (χ0) is 15.6. The average molecular weight is 318 g/mol. The minimum Gasteiger partial charge on any atom is -0.457 e. The molecule has 0 bridgehead atoms. The summed E-state index contributed by atoms with van der Waals surface area (Å²) in [5, 5.41) is 10.0. The summed E-state index contributed by atoms with van der Waals surface area (Å²) in [7, 11) is 0. The predicted octanol–water partition coefficient (Wildman–Crippen LogP) is 5.06. The van der Waals surface area contributed by atoms with Gasteiger partial charge in [-0.05, 0) is 24.3 Å². The van der Waals surface area contributed by atoms with E-state index in [0.717, 1.165) is 18.2 Å². The van der Waals surface area contributed by atoms with Crippen molar-refractivity contribution >= 4 is 17.3 Å². The Morgan fingerprint density at radius 2 is 1.62 bits per heavy atom. The van der Waals surface area contributed by atoms with E-state index in [4.69, 9.17) is 16.3 Å². The topological polar surface area (TPSA) is 52.4 Å². The SMILES string of the molecule is O=[N+]([O-])c1ccc(Oc2ccc(C(F)(F)F)c(Cl)c2)cc1. The summed E-state index contributed by atoms with van der Waals surface area (Å²) < 4.78 is 42.9. The first-order valence-corrected chi connectivity index (χ1v) is 5.94. The van der Waals surface area contributed by atoms with Gasteiger partial charge in [-0.3, -0.25) is 10.1 Å². The lowest BCUT2D eigenvalue weighted by atomic mass is 10.2. The van der Waals surface area contributed by atoms with Gasteiger partial charge in [0.15, 0.2) is 0 Å². The Kier molecular flexibility index (Phi) is 4.04. The van der Waals surface area contributed by atoms with Crippen molar-refractivity contribution in [2.75, 3.05) is 0 Å². The van der Waals surface area contributed by atoms with Gasteiger partial charge in [-0.15, -0.1) is 0 Å². The summed E-state index contributed by atoms with van der Waals surface area (Å²) >= 11 is 5.56. The fourth-order valence-corrected chi connectivity index (χ4v) is 1.84. The molecule has 0 aromatic heterocycles. The molecule has 0 saturated heterocycles. The van der Waals surface area contributed by atoms with Gasteiger partial charge < -0.3 is 4.74 Å². The number of hydrogen-bond acceptors (Lipinski definition) is 3. The van der Waals surface area contributed by atoms with Gasteiger partial charge >= 0.3 is 6.18 Å². The second-order valence-corrected chi connectivity index (χ2v) is 4.40. The van der Waals surface area contributed by atoms with Crippen molar-refractivity contribution in [1.29, 1.82) is 0 Å². The number of nitro groups is 1. The summed E-state index contributed by atoms with van der Waals surface area (Å²) in [5.74, 6) is 0.346. The third kappa shape index (κ3) is 3.63. The molecular formula is C13H7ClF3NO3. The lowest BCUT2D eigenvalue weighted by molar-refractivity contribution is -0.384. The van der Waals surface area contributed by atoms with Crippen LogP contribution in [0, 0.1) is 10.1 Å². The van der Waals surface area contributed by atoms with E-state index in [1.54, 1.807) is 0 Å². The Morgan fingerprint density at radius 1 is 1.05 bits per heavy atom. The number of nitrogens with zero attached hydrogens (tertiary/aromatic N) is 1. The second kappa shape index (κ2) is 5.61. The first-order chi connectivity index (χ1) is 9.77. The molecule has 0 fully saturated rings. The van der Waals surface area contributed by atoms with Gasteiger partial charge in [-0.2, -0.15) is 13.2 Å². The number of halogens is 4. The predicted molar refractivity (Wildman–Crippen MR) is 69.6 cm³/mol. The molecule has 0 heterocycles. The Bertz CT molecular complexity index is 671. The van der Waals surface area contributed by atoms with E-state index < -0.39 is 21.7 Å². The molecule has 2 aromatic carbocycles. The van der Waals surface area contributed by atoms with E-state index in [1.807, 2.05) is 0 Å². The molecule has 0 aliphatic heterocycles. The normalized spacial score (nSPS) is 11.2. The minimum absolute atomic E-state index is 0.0989. The molecule has 0 saturated carbocycles. The third-order valence-corrected chi connectivity index (χ3v) is 2.84. The van der Waals surface area contributed by atoms with Crippen molar-refractivity contribution in [3.05, 3.63) is 63.2 Å². The van der Waals surface area contributed by atoms with Crippen molar-refractivity contribution in [3.63, 3.8) is 0 Å². The van der Waals surface area contributed by atoms with Crippen molar-refractivity contribution in [2.45, 2.75) is 6.18 Å². The Balaban J connectivity index is 2.20. The molecule has 2 aromatic rings. The van der Waals surface area contributed by atoms with Crippen LogP contribution in [-0.4, -0.2) is 4.92 Å². The highest BCUT2D eigenvalue weighted by Crippen LogP contribution is 2.37. The smallest absolute Gasteiger partial charge is 0.417 e. The summed E-state index contributed by atoms with van der Waals surface area (Å²) in [6, 6.07) is 8.08. The van der Waals surface area contributed by atoms with Crippen LogP contribution in [0.25, 0.3) is 0 Å². The molecule has 0 aliphatic rings. The van der Waals surface area contributed by atoms with Crippen LogP contribution >= 0.6 is 11.6 Å². The van der Waals surface area contributed by atoms with E-state index in [1.165, 1.54) is 24.3 Å². The van der Waals surface area contributed by atoms with Gasteiger partial charge in [-0.25, -0.2) is 0 Å². The quantitative estimate of drug-likeness (QED) is 0.587. The van der Waals surface area contributed by atoms with Crippen LogP contribution < -0.4 is 4.74 Å². The van der Waals surface area contributed by atoms with Gasteiger partial charge in [0.05, 0.1) is 15.5 Å². The maximum Gasteiger partial charge on any atom is 0.417 e. The molecule has 21 heavy (non-hydrogen) atoms. The highest BCUT2D eigenvalue weighted by atomic mass is 35.5. The van der Waals surface area contributed by atoms with Gasteiger partial charge in [0.2, 0.25) is 0 Å². The molecular weight excluding hydrogens is 311 g/mol. The zero-order valence-electron chi connectivity index (χ0n) is 10.2. The van der Waals surface area contributed by atoms with Gasteiger partial charge in [0, 0.05) is 18.2 Å². The van der Waals surface area contributed by atoms with Crippen molar-refractivity contribution < 1.29 is 22.8 Å². The van der Waals surface area contributed by atoms with E-state index >= 15 is 0 Å². The van der Waals surface area contributed by atoms with Crippen LogP contribution in [0.4, 0.5) is 18.9 Å². The molecule has 0 spiro atoms. The zero-order valence-corrected chi connectivity index (χ0v) is 11.0. The lowest BCUT2D eigenvalue weighted by Gasteiger charge is -2.11. The number of benzene rings is 2. The molecule has 110 valence electrons. The molecule has 0 radical (unpaired) electrons. The minimum atomic E-state index is -4.54. The van der Waals surface area contributed by atoms with Crippen molar-refractivity contribution in [3.8, 4) is 11.5 Å². The van der Waals surface area contributed by atoms with Gasteiger partial charge in [-0.1, -0.05) is 11.6 Å². The van der Waals surface area contributed by atoms with E-state index in [2.05, 4.69) is 0 Å². The Morgan fingerprint density at radius 3 is 2.10 bits per heavy atom. The molecule has 2 rings (SSSR count). The van der Waals surface area contributed by atoms with Crippen molar-refractivity contribution in [2.24, 2.45) is 0 Å². The number of ether oxygens (including phenoxy) is 1. The summed E-state index contributed by atoms with van der Waals surface area (Å²) in [6.45, 7) is 0. The number of hydrogen-bond donors (Lipinski definition) is 0. The number of nitro benzene ring substituents is 1. The molecule has 4 nitrogen and oxygen atoms in total. The van der Waals surface area contributed by atoms with Crippen LogP contribution in [0.2, 0.25) is 5.02 Å². The summed E-state index contributed by atoms with van der Waals surface area (Å²) in [6.07, 6.45) is -4.54. The highest BCUT2D eigenvalue weighted by molar-refractivity contribution is 6.31. The van der Waals surface area contributed by atoms with Crippen LogP contribution in [0.1, 0.15) is 5.56 Å². The fourth-order valence-electron chi connectivity index (χ4n) is 1.56. The first kappa shape index (κ1) is 15.1.